The molecule has 0 spiro atoms. The Morgan fingerprint density at radius 2 is 2.04 bits per heavy atom. The quantitative estimate of drug-likeness (QED) is 0.695. The molecule has 0 saturated carbocycles. The molecule has 126 valence electrons. The summed E-state index contributed by atoms with van der Waals surface area (Å²) < 4.78 is 24.8. The van der Waals surface area contributed by atoms with Gasteiger partial charge in [0, 0.05) is 31.4 Å². The molecule has 1 aromatic carbocycles. The first-order valence-corrected chi connectivity index (χ1v) is 8.06. The van der Waals surface area contributed by atoms with Crippen LogP contribution in [0.4, 0.5) is 4.39 Å². The molecule has 0 atom stereocenters. The first-order valence-electron chi connectivity index (χ1n) is 7.18. The topological polar surface area (TPSA) is 64.9 Å². The van der Waals surface area contributed by atoms with E-state index in [1.54, 1.807) is 28.1 Å². The largest absolute Gasteiger partial charge is 0.354 e. The van der Waals surface area contributed by atoms with Crippen LogP contribution in [0.3, 0.4) is 0 Å². The summed E-state index contributed by atoms with van der Waals surface area (Å²) in [4.78, 5) is 17.5. The number of hydrogen-bond acceptors (Lipinski definition) is 5. The lowest BCUT2D eigenvalue weighted by atomic mass is 10.2. The smallest absolute Gasteiger partial charge is 0.269 e. The number of rotatable bonds is 6. The molecule has 2 heterocycles. The van der Waals surface area contributed by atoms with Crippen LogP contribution in [0.2, 0.25) is 0 Å². The van der Waals surface area contributed by atoms with E-state index in [2.05, 4.69) is 10.3 Å². The van der Waals surface area contributed by atoms with Gasteiger partial charge >= 0.3 is 0 Å². The highest BCUT2D eigenvalue weighted by atomic mass is 32.1. The van der Waals surface area contributed by atoms with Crippen molar-refractivity contribution in [1.82, 2.24) is 14.7 Å². The van der Waals surface area contributed by atoms with Crippen LogP contribution in [0.25, 0.3) is 16.2 Å². The van der Waals surface area contributed by atoms with Crippen LogP contribution in [0.5, 0.6) is 0 Å². The maximum absolute atomic E-state index is 13.0. The highest BCUT2D eigenvalue weighted by Gasteiger charge is 2.16. The molecule has 0 fully saturated rings. The molecular formula is C16H16FN3O3S. The third kappa shape index (κ3) is 3.30. The van der Waals surface area contributed by atoms with Gasteiger partial charge in [0.15, 0.2) is 11.3 Å². The molecule has 3 aromatic rings. The molecule has 3 rings (SSSR count). The Morgan fingerprint density at radius 3 is 2.71 bits per heavy atom. The number of carbonyl (C=O) groups is 1. The molecule has 0 aliphatic rings. The second-order valence-corrected chi connectivity index (χ2v) is 5.85. The molecule has 1 amide bonds. The summed E-state index contributed by atoms with van der Waals surface area (Å²) in [5.41, 5.74) is 1.95. The Labute approximate surface area is 141 Å². The molecule has 0 unspecified atom stereocenters. The van der Waals surface area contributed by atoms with Crippen LogP contribution in [-0.2, 0) is 9.47 Å². The summed E-state index contributed by atoms with van der Waals surface area (Å²) in [7, 11) is 3.02. The first-order chi connectivity index (χ1) is 11.6. The van der Waals surface area contributed by atoms with E-state index < -0.39 is 6.29 Å². The number of methoxy groups -OCH3 is 2. The summed E-state index contributed by atoms with van der Waals surface area (Å²) in [6.07, 6.45) is 1.26. The zero-order chi connectivity index (χ0) is 17.1. The summed E-state index contributed by atoms with van der Waals surface area (Å²) in [5.74, 6) is -0.547. The van der Waals surface area contributed by atoms with Crippen molar-refractivity contribution in [2.24, 2.45) is 0 Å². The number of carbonyl (C=O) groups excluding carboxylic acids is 1. The van der Waals surface area contributed by atoms with Crippen molar-refractivity contribution in [2.75, 3.05) is 20.8 Å². The predicted octanol–water partition coefficient (Wildman–Crippen LogP) is 2.55. The van der Waals surface area contributed by atoms with Crippen molar-refractivity contribution in [3.63, 3.8) is 0 Å². The van der Waals surface area contributed by atoms with Crippen molar-refractivity contribution in [3.8, 4) is 11.3 Å². The van der Waals surface area contributed by atoms with E-state index in [1.807, 2.05) is 0 Å². The van der Waals surface area contributed by atoms with E-state index >= 15 is 0 Å². The minimum Gasteiger partial charge on any atom is -0.354 e. The van der Waals surface area contributed by atoms with Crippen molar-refractivity contribution in [3.05, 3.63) is 47.4 Å². The van der Waals surface area contributed by atoms with Crippen LogP contribution >= 0.6 is 11.3 Å². The number of hydrogen-bond donors (Lipinski definition) is 1. The highest BCUT2D eigenvalue weighted by molar-refractivity contribution is 7.15. The van der Waals surface area contributed by atoms with E-state index in [0.717, 1.165) is 5.56 Å². The maximum Gasteiger partial charge on any atom is 0.269 e. The number of nitrogens with one attached hydrogen (secondary N) is 1. The third-order valence-electron chi connectivity index (χ3n) is 3.54. The van der Waals surface area contributed by atoms with Gasteiger partial charge in [-0.3, -0.25) is 9.20 Å². The molecule has 8 heteroatoms. The normalized spacial score (nSPS) is 11.3. The minimum atomic E-state index is -0.499. The monoisotopic (exact) mass is 349 g/mol. The van der Waals surface area contributed by atoms with Gasteiger partial charge in [0.05, 0.1) is 12.2 Å². The van der Waals surface area contributed by atoms with Gasteiger partial charge in [0.1, 0.15) is 11.5 Å². The number of nitrogens with zero attached hydrogens (tertiary/aromatic N) is 2. The van der Waals surface area contributed by atoms with Crippen LogP contribution in [-0.4, -0.2) is 42.3 Å². The number of benzene rings is 1. The second kappa shape index (κ2) is 7.08. The fourth-order valence-corrected chi connectivity index (χ4v) is 3.09. The Kier molecular flexibility index (Phi) is 4.89. The molecule has 0 radical (unpaired) electrons. The van der Waals surface area contributed by atoms with Crippen LogP contribution < -0.4 is 5.32 Å². The fraction of sp³-hybridized carbons (Fsp3) is 0.250. The number of imidazole rings is 1. The molecule has 0 bridgehead atoms. The van der Waals surface area contributed by atoms with Crippen LogP contribution in [0, 0.1) is 5.82 Å². The van der Waals surface area contributed by atoms with E-state index in [0.29, 0.717) is 16.3 Å². The third-order valence-corrected chi connectivity index (χ3v) is 4.38. The van der Waals surface area contributed by atoms with Crippen molar-refractivity contribution in [1.29, 1.82) is 0 Å². The predicted molar refractivity (Wildman–Crippen MR) is 88.6 cm³/mol. The van der Waals surface area contributed by atoms with E-state index in [-0.39, 0.29) is 18.3 Å². The molecule has 1 N–H and O–H groups in total. The molecule has 0 aliphatic heterocycles. The van der Waals surface area contributed by atoms with Gasteiger partial charge < -0.3 is 14.8 Å². The number of halogens is 1. The summed E-state index contributed by atoms with van der Waals surface area (Å²) >= 11 is 1.36. The zero-order valence-electron chi connectivity index (χ0n) is 13.2. The van der Waals surface area contributed by atoms with Gasteiger partial charge in [-0.15, -0.1) is 11.3 Å². The van der Waals surface area contributed by atoms with Gasteiger partial charge in [-0.05, 0) is 24.3 Å². The zero-order valence-corrected chi connectivity index (χ0v) is 14.0. The average Bonchev–Trinajstić information content (AvgIpc) is 3.16. The van der Waals surface area contributed by atoms with E-state index in [4.69, 9.17) is 9.47 Å². The molecular weight excluding hydrogens is 333 g/mol. The fourth-order valence-electron chi connectivity index (χ4n) is 2.24. The number of thiazole rings is 1. The Bertz CT molecular complexity index is 840. The minimum absolute atomic E-state index is 0.239. The SMILES string of the molecule is COC(CNC(=O)c1csc2nc(-c3ccc(F)cc3)cn12)OC. The molecule has 24 heavy (non-hydrogen) atoms. The Balaban J connectivity index is 1.82. The summed E-state index contributed by atoms with van der Waals surface area (Å²) in [6.45, 7) is 0.239. The van der Waals surface area contributed by atoms with Gasteiger partial charge in [-0.25, -0.2) is 9.37 Å². The van der Waals surface area contributed by atoms with Gasteiger partial charge in [-0.2, -0.15) is 0 Å². The van der Waals surface area contributed by atoms with E-state index in [1.165, 1.54) is 37.7 Å². The van der Waals surface area contributed by atoms with Crippen molar-refractivity contribution in [2.45, 2.75) is 6.29 Å². The number of amides is 1. The molecule has 0 saturated heterocycles. The lowest BCUT2D eigenvalue weighted by Gasteiger charge is -2.13. The Morgan fingerprint density at radius 1 is 1.33 bits per heavy atom. The summed E-state index contributed by atoms with van der Waals surface area (Å²) in [5, 5.41) is 4.49. The Hall–Kier alpha value is -2.29. The van der Waals surface area contributed by atoms with Crippen molar-refractivity contribution >= 4 is 22.2 Å². The molecule has 2 aromatic heterocycles. The van der Waals surface area contributed by atoms with Crippen LogP contribution in [0.15, 0.2) is 35.8 Å². The van der Waals surface area contributed by atoms with Gasteiger partial charge in [0.25, 0.3) is 5.91 Å². The molecule has 6 nitrogen and oxygen atoms in total. The van der Waals surface area contributed by atoms with E-state index in [9.17, 15) is 9.18 Å². The highest BCUT2D eigenvalue weighted by Crippen LogP contribution is 2.23. The van der Waals surface area contributed by atoms with Gasteiger partial charge in [-0.1, -0.05) is 0 Å². The second-order valence-electron chi connectivity index (χ2n) is 5.02. The number of aromatic nitrogens is 2. The lowest BCUT2D eigenvalue weighted by molar-refractivity contribution is -0.0974. The van der Waals surface area contributed by atoms with Gasteiger partial charge in [0.2, 0.25) is 0 Å². The standard InChI is InChI=1S/C16H16FN3O3S/c1-22-14(23-2)7-18-15(21)13-9-24-16-19-12(8-20(13)16)10-3-5-11(17)6-4-10/h3-6,8-9,14H,7H2,1-2H3,(H,18,21). The summed E-state index contributed by atoms with van der Waals surface area (Å²) in [6, 6.07) is 6.07. The first kappa shape index (κ1) is 16.6. The lowest BCUT2D eigenvalue weighted by Crippen LogP contribution is -2.34. The van der Waals surface area contributed by atoms with Crippen LogP contribution in [0.1, 0.15) is 10.5 Å². The van der Waals surface area contributed by atoms with Crippen molar-refractivity contribution < 1.29 is 18.7 Å². The average molecular weight is 349 g/mol. The number of fused-ring (bicyclic) bond motifs is 1. The maximum atomic E-state index is 13.0. The molecule has 0 aliphatic carbocycles. The number of ether oxygens (including phenoxy) is 2.